The summed E-state index contributed by atoms with van der Waals surface area (Å²) >= 11 is 0. The number of Topliss-reactive ketones (excluding diaryl/α,β-unsaturated/α-hetero) is 1. The third kappa shape index (κ3) is 4.79. The highest BCUT2D eigenvalue weighted by atomic mass is 79.9. The average molecular weight is 401 g/mol. The average Bonchev–Trinajstić information content (AvgIpc) is 2.61. The summed E-state index contributed by atoms with van der Waals surface area (Å²) in [5, 5.41) is 0. The zero-order valence-corrected chi connectivity index (χ0v) is 16.6. The molecule has 0 atom stereocenters. The molecule has 3 nitrogen and oxygen atoms in total. The molecule has 0 aliphatic carbocycles. The van der Waals surface area contributed by atoms with E-state index in [1.165, 1.54) is 5.56 Å². The third-order valence-electron chi connectivity index (χ3n) is 4.47. The number of rotatable bonds is 4. The molecule has 0 radical (unpaired) electrons. The van der Waals surface area contributed by atoms with Gasteiger partial charge in [-0.2, -0.15) is 0 Å². The van der Waals surface area contributed by atoms with Gasteiger partial charge in [0, 0.05) is 24.2 Å². The smallest absolute Gasteiger partial charge is 0.182 e. The monoisotopic (exact) mass is 400 g/mol. The van der Waals surface area contributed by atoms with Crippen LogP contribution in [0.3, 0.4) is 0 Å². The van der Waals surface area contributed by atoms with E-state index in [-0.39, 0.29) is 22.8 Å². The zero-order chi connectivity index (χ0) is 16.9. The molecule has 0 fully saturated rings. The van der Waals surface area contributed by atoms with Crippen LogP contribution >= 0.6 is 17.0 Å². The van der Waals surface area contributed by atoms with Crippen molar-refractivity contribution >= 4 is 34.3 Å². The largest absolute Gasteiger partial charge is 0.322 e. The number of hydrogen-bond donors (Lipinski definition) is 0. The first-order chi connectivity index (χ1) is 11.6. The first-order valence-corrected chi connectivity index (χ1v) is 8.61. The fraction of sp³-hybridized carbons (Fsp3) is 0.333. The molecule has 2 aromatic rings. The molecule has 3 rings (SSSR count). The van der Waals surface area contributed by atoms with Crippen molar-refractivity contribution in [3.05, 3.63) is 65.2 Å². The normalized spacial score (nSPS) is 13.6. The van der Waals surface area contributed by atoms with Crippen LogP contribution in [0.15, 0.2) is 53.5 Å². The molecule has 0 aromatic heterocycles. The molecule has 0 amide bonds. The molecular weight excluding hydrogens is 376 g/mol. The Morgan fingerprint density at radius 2 is 1.84 bits per heavy atom. The van der Waals surface area contributed by atoms with E-state index in [1.54, 1.807) is 0 Å². The second kappa shape index (κ2) is 8.95. The van der Waals surface area contributed by atoms with Crippen LogP contribution in [0.1, 0.15) is 40.7 Å². The highest BCUT2D eigenvalue weighted by Gasteiger charge is 2.20. The van der Waals surface area contributed by atoms with Crippen molar-refractivity contribution in [2.24, 2.45) is 4.99 Å². The van der Waals surface area contributed by atoms with Crippen molar-refractivity contribution in [3.63, 3.8) is 0 Å². The second-order valence-corrected chi connectivity index (χ2v) is 6.42. The van der Waals surface area contributed by atoms with E-state index < -0.39 is 0 Å². The number of ketones is 1. The van der Waals surface area contributed by atoms with Crippen LogP contribution in [0.5, 0.6) is 0 Å². The van der Waals surface area contributed by atoms with E-state index in [9.17, 15) is 4.79 Å². The van der Waals surface area contributed by atoms with Gasteiger partial charge in [-0.3, -0.25) is 9.79 Å². The molecule has 4 heteroatoms. The van der Waals surface area contributed by atoms with Crippen LogP contribution in [-0.4, -0.2) is 24.7 Å². The van der Waals surface area contributed by atoms with Gasteiger partial charge in [0.15, 0.2) is 5.78 Å². The van der Waals surface area contributed by atoms with E-state index in [0.717, 1.165) is 48.5 Å². The maximum atomic E-state index is 12.9. The summed E-state index contributed by atoms with van der Waals surface area (Å²) in [5.74, 6) is 1.18. The Morgan fingerprint density at radius 3 is 2.48 bits per heavy atom. The van der Waals surface area contributed by atoms with Crippen molar-refractivity contribution in [2.45, 2.75) is 33.1 Å². The maximum absolute atomic E-state index is 12.9. The topological polar surface area (TPSA) is 32.7 Å². The van der Waals surface area contributed by atoms with Gasteiger partial charge in [-0.05, 0) is 44.4 Å². The van der Waals surface area contributed by atoms with Crippen LogP contribution < -0.4 is 4.90 Å². The highest BCUT2D eigenvalue weighted by molar-refractivity contribution is 8.93. The van der Waals surface area contributed by atoms with Crippen molar-refractivity contribution in [1.82, 2.24) is 0 Å². The fourth-order valence-corrected chi connectivity index (χ4v) is 3.20. The molecular formula is C21H25BrN2O. The Labute approximate surface area is 160 Å². The first-order valence-electron chi connectivity index (χ1n) is 8.61. The lowest BCUT2D eigenvalue weighted by Gasteiger charge is -2.28. The van der Waals surface area contributed by atoms with Crippen LogP contribution in [0.4, 0.5) is 5.69 Å². The van der Waals surface area contributed by atoms with E-state index >= 15 is 0 Å². The number of halogens is 1. The van der Waals surface area contributed by atoms with Gasteiger partial charge in [-0.25, -0.2) is 0 Å². The number of carbonyl (C=O) groups is 1. The molecule has 1 heterocycles. The predicted molar refractivity (Wildman–Crippen MR) is 111 cm³/mol. The molecule has 132 valence electrons. The van der Waals surface area contributed by atoms with Gasteiger partial charge in [0.25, 0.3) is 0 Å². The molecule has 25 heavy (non-hydrogen) atoms. The molecule has 1 aliphatic heterocycles. The van der Waals surface area contributed by atoms with Gasteiger partial charge in [0.05, 0.1) is 6.54 Å². The van der Waals surface area contributed by atoms with E-state index in [0.29, 0.717) is 6.54 Å². The summed E-state index contributed by atoms with van der Waals surface area (Å²) < 4.78 is 0. The predicted octanol–water partition coefficient (Wildman–Crippen LogP) is 5.15. The van der Waals surface area contributed by atoms with E-state index in [2.05, 4.69) is 16.0 Å². The molecule has 0 unspecified atom stereocenters. The lowest BCUT2D eigenvalue weighted by Crippen LogP contribution is -2.37. The van der Waals surface area contributed by atoms with Crippen LogP contribution in [0.2, 0.25) is 0 Å². The number of nitrogens with zero attached hydrogens (tertiary/aromatic N) is 2. The summed E-state index contributed by atoms with van der Waals surface area (Å²) in [7, 11) is 0. The number of para-hydroxylation sites is 1. The Morgan fingerprint density at radius 1 is 1.08 bits per heavy atom. The number of aryl methyl sites for hydroxylation is 2. The van der Waals surface area contributed by atoms with Crippen LogP contribution in [0, 0.1) is 13.8 Å². The summed E-state index contributed by atoms with van der Waals surface area (Å²) in [6, 6.07) is 16.1. The molecule has 0 saturated carbocycles. The Balaban J connectivity index is 0.00000225. The molecule has 1 aliphatic rings. The van der Waals surface area contributed by atoms with Gasteiger partial charge < -0.3 is 4.90 Å². The van der Waals surface area contributed by atoms with Crippen molar-refractivity contribution < 1.29 is 4.79 Å². The summed E-state index contributed by atoms with van der Waals surface area (Å²) in [5.41, 5.74) is 4.06. The van der Waals surface area contributed by atoms with E-state index in [1.807, 2.05) is 56.3 Å². The minimum absolute atomic E-state index is 0. The van der Waals surface area contributed by atoms with Gasteiger partial charge in [0.2, 0.25) is 0 Å². The van der Waals surface area contributed by atoms with Crippen molar-refractivity contribution in [1.29, 1.82) is 0 Å². The molecule has 0 spiro atoms. The van der Waals surface area contributed by atoms with Gasteiger partial charge in [-0.15, -0.1) is 17.0 Å². The van der Waals surface area contributed by atoms with Crippen molar-refractivity contribution in [3.8, 4) is 0 Å². The SMILES string of the molecule is Br.Cc1ccc(C(=O)CN(C2=NCCCC2)c2ccccc2)c(C)c1. The van der Waals surface area contributed by atoms with Crippen LogP contribution in [-0.2, 0) is 0 Å². The zero-order valence-electron chi connectivity index (χ0n) is 14.9. The van der Waals surface area contributed by atoms with Gasteiger partial charge >= 0.3 is 0 Å². The standard InChI is InChI=1S/C21H24N2O.BrH/c1-16-11-12-19(17(2)14-16)20(24)15-23(18-8-4-3-5-9-18)21-10-6-7-13-22-21;/h3-5,8-9,11-12,14H,6-7,10,13,15H2,1-2H3;1H. The molecule has 0 saturated heterocycles. The minimum atomic E-state index is 0. The molecule has 2 aromatic carbocycles. The molecule has 0 bridgehead atoms. The minimum Gasteiger partial charge on any atom is -0.322 e. The highest BCUT2D eigenvalue weighted by Crippen LogP contribution is 2.20. The lowest BCUT2D eigenvalue weighted by molar-refractivity contribution is 0.100. The second-order valence-electron chi connectivity index (χ2n) is 6.42. The third-order valence-corrected chi connectivity index (χ3v) is 4.47. The van der Waals surface area contributed by atoms with E-state index in [4.69, 9.17) is 0 Å². The first kappa shape index (κ1) is 19.4. The number of amidine groups is 1. The Kier molecular flexibility index (Phi) is 6.94. The molecule has 0 N–H and O–H groups in total. The Hall–Kier alpha value is -1.94. The number of benzene rings is 2. The summed E-state index contributed by atoms with van der Waals surface area (Å²) in [6.07, 6.45) is 3.21. The number of aliphatic imine (C=N–C) groups is 1. The summed E-state index contributed by atoms with van der Waals surface area (Å²) in [4.78, 5) is 19.7. The Bertz CT molecular complexity index is 756. The van der Waals surface area contributed by atoms with Crippen LogP contribution in [0.25, 0.3) is 0 Å². The number of carbonyl (C=O) groups excluding carboxylic acids is 1. The number of hydrogen-bond acceptors (Lipinski definition) is 3. The van der Waals surface area contributed by atoms with Gasteiger partial charge in [0.1, 0.15) is 5.84 Å². The van der Waals surface area contributed by atoms with Crippen molar-refractivity contribution in [2.75, 3.05) is 18.0 Å². The van der Waals surface area contributed by atoms with Gasteiger partial charge in [-0.1, -0.05) is 42.0 Å². The lowest BCUT2D eigenvalue weighted by atomic mass is 10.0. The maximum Gasteiger partial charge on any atom is 0.182 e. The quantitative estimate of drug-likeness (QED) is 0.664. The summed E-state index contributed by atoms with van der Waals surface area (Å²) in [6.45, 7) is 5.25. The number of anilines is 1. The fourth-order valence-electron chi connectivity index (χ4n) is 3.20.